The average molecular weight is 275 g/mol. The number of aliphatic hydroxyl groups is 1. The van der Waals surface area contributed by atoms with Crippen molar-refractivity contribution < 1.29 is 5.11 Å². The van der Waals surface area contributed by atoms with E-state index in [1.807, 2.05) is 0 Å². The third-order valence-corrected chi connectivity index (χ3v) is 4.43. The summed E-state index contributed by atoms with van der Waals surface area (Å²) < 4.78 is 0. The molecule has 1 fully saturated rings. The first-order valence-corrected chi connectivity index (χ1v) is 8.20. The number of unbranched alkanes of at least 4 members (excludes halogenated alkanes) is 1. The van der Waals surface area contributed by atoms with Crippen molar-refractivity contribution in [3.05, 3.63) is 34.9 Å². The normalized spacial score (nSPS) is 18.1. The topological polar surface area (TPSA) is 23.5 Å². The van der Waals surface area contributed by atoms with Gasteiger partial charge in [0, 0.05) is 6.54 Å². The largest absolute Gasteiger partial charge is 0.387 e. The molecule has 1 aliphatic rings. The maximum atomic E-state index is 10.4. The van der Waals surface area contributed by atoms with Gasteiger partial charge in [-0.15, -0.1) is 0 Å². The third kappa shape index (κ3) is 4.32. The summed E-state index contributed by atoms with van der Waals surface area (Å²) in [4.78, 5) is 2.40. The van der Waals surface area contributed by atoms with E-state index in [4.69, 9.17) is 0 Å². The van der Waals surface area contributed by atoms with Crippen LogP contribution in [0.3, 0.4) is 0 Å². The van der Waals surface area contributed by atoms with Crippen molar-refractivity contribution >= 4 is 0 Å². The highest BCUT2D eigenvalue weighted by molar-refractivity contribution is 5.32. The summed E-state index contributed by atoms with van der Waals surface area (Å²) in [5.41, 5.74) is 3.84. The van der Waals surface area contributed by atoms with Crippen molar-refractivity contribution in [2.75, 3.05) is 19.6 Å². The molecule has 0 saturated carbocycles. The Balaban J connectivity index is 1.95. The summed E-state index contributed by atoms with van der Waals surface area (Å²) in [6.45, 7) is 7.47. The highest BCUT2D eigenvalue weighted by Crippen LogP contribution is 2.21. The highest BCUT2D eigenvalue weighted by Gasteiger charge is 2.16. The molecular formula is C18H29NO. The van der Waals surface area contributed by atoms with Crippen molar-refractivity contribution in [2.24, 2.45) is 0 Å². The van der Waals surface area contributed by atoms with Gasteiger partial charge in [-0.05, 0) is 62.4 Å². The molecule has 1 unspecified atom stereocenters. The molecule has 2 nitrogen and oxygen atoms in total. The van der Waals surface area contributed by atoms with E-state index in [1.54, 1.807) is 0 Å². The van der Waals surface area contributed by atoms with Gasteiger partial charge in [-0.2, -0.15) is 0 Å². The predicted molar refractivity (Wildman–Crippen MR) is 85.0 cm³/mol. The molecule has 2 heteroatoms. The molecular weight excluding hydrogens is 246 g/mol. The van der Waals surface area contributed by atoms with E-state index < -0.39 is 0 Å². The summed E-state index contributed by atoms with van der Waals surface area (Å²) in [5, 5.41) is 10.4. The summed E-state index contributed by atoms with van der Waals surface area (Å²) >= 11 is 0. The van der Waals surface area contributed by atoms with Gasteiger partial charge in [-0.1, -0.05) is 38.0 Å². The first kappa shape index (κ1) is 15.5. The van der Waals surface area contributed by atoms with Crippen LogP contribution in [0.4, 0.5) is 0 Å². The van der Waals surface area contributed by atoms with Gasteiger partial charge in [0.25, 0.3) is 0 Å². The zero-order valence-electron chi connectivity index (χ0n) is 13.1. The van der Waals surface area contributed by atoms with E-state index in [0.717, 1.165) is 31.6 Å². The Bertz CT molecular complexity index is 410. The Kier molecular flexibility index (Phi) is 6.06. The standard InChI is InChI=1S/C18H29NO/c1-3-4-8-16-9-10-17(13-15(16)2)18(20)14-19-11-6-5-7-12-19/h9-10,13,18,20H,3-8,11-12,14H2,1-2H3. The van der Waals surface area contributed by atoms with Crippen LogP contribution >= 0.6 is 0 Å². The lowest BCUT2D eigenvalue weighted by atomic mass is 9.98. The lowest BCUT2D eigenvalue weighted by Gasteiger charge is -2.28. The molecule has 0 aromatic heterocycles. The van der Waals surface area contributed by atoms with Crippen LogP contribution in [0.5, 0.6) is 0 Å². The minimum Gasteiger partial charge on any atom is -0.387 e. The molecule has 2 rings (SSSR count). The molecule has 1 N–H and O–H groups in total. The third-order valence-electron chi connectivity index (χ3n) is 4.43. The number of β-amino-alcohol motifs (C(OH)–C–C–N with tert-alkyl or cyclic N) is 1. The number of nitrogens with zero attached hydrogens (tertiary/aromatic N) is 1. The molecule has 1 heterocycles. The Morgan fingerprint density at radius 2 is 1.95 bits per heavy atom. The van der Waals surface area contributed by atoms with Crippen molar-refractivity contribution in [3.63, 3.8) is 0 Å². The van der Waals surface area contributed by atoms with Gasteiger partial charge in [-0.3, -0.25) is 0 Å². The Morgan fingerprint density at radius 1 is 1.20 bits per heavy atom. The van der Waals surface area contributed by atoms with Crippen LogP contribution in [-0.2, 0) is 6.42 Å². The summed E-state index contributed by atoms with van der Waals surface area (Å²) in [5.74, 6) is 0. The van der Waals surface area contributed by atoms with Gasteiger partial charge in [0.1, 0.15) is 0 Å². The lowest BCUT2D eigenvalue weighted by Crippen LogP contribution is -2.33. The maximum absolute atomic E-state index is 10.4. The molecule has 112 valence electrons. The van der Waals surface area contributed by atoms with Gasteiger partial charge in [0.2, 0.25) is 0 Å². The molecule has 0 bridgehead atoms. The first-order valence-electron chi connectivity index (χ1n) is 8.20. The number of rotatable bonds is 6. The Labute approximate surface area is 123 Å². The van der Waals surface area contributed by atoms with Crippen LogP contribution in [-0.4, -0.2) is 29.6 Å². The molecule has 20 heavy (non-hydrogen) atoms. The molecule has 1 aliphatic heterocycles. The first-order chi connectivity index (χ1) is 9.70. The number of piperidine rings is 1. The Hall–Kier alpha value is -0.860. The average Bonchev–Trinajstić information content (AvgIpc) is 2.47. The van der Waals surface area contributed by atoms with E-state index in [1.165, 1.54) is 43.2 Å². The number of benzene rings is 1. The van der Waals surface area contributed by atoms with Crippen molar-refractivity contribution in [2.45, 2.75) is 58.5 Å². The minimum atomic E-state index is -0.341. The van der Waals surface area contributed by atoms with Crippen LogP contribution < -0.4 is 0 Å². The van der Waals surface area contributed by atoms with Gasteiger partial charge in [0.15, 0.2) is 0 Å². The van der Waals surface area contributed by atoms with Crippen molar-refractivity contribution in [3.8, 4) is 0 Å². The maximum Gasteiger partial charge on any atom is 0.0917 e. The lowest BCUT2D eigenvalue weighted by molar-refractivity contribution is 0.101. The van der Waals surface area contributed by atoms with Crippen LogP contribution in [0.15, 0.2) is 18.2 Å². The fourth-order valence-corrected chi connectivity index (χ4v) is 3.07. The monoisotopic (exact) mass is 275 g/mol. The number of hydrogen-bond acceptors (Lipinski definition) is 2. The van der Waals surface area contributed by atoms with E-state index in [9.17, 15) is 5.11 Å². The zero-order valence-corrected chi connectivity index (χ0v) is 13.1. The minimum absolute atomic E-state index is 0.341. The SMILES string of the molecule is CCCCc1ccc(C(O)CN2CCCCC2)cc1C. The summed E-state index contributed by atoms with van der Waals surface area (Å²) in [6, 6.07) is 6.51. The van der Waals surface area contributed by atoms with E-state index in [2.05, 4.69) is 36.9 Å². The van der Waals surface area contributed by atoms with Crippen molar-refractivity contribution in [1.82, 2.24) is 4.90 Å². The number of likely N-dealkylation sites (tertiary alicyclic amines) is 1. The number of hydrogen-bond donors (Lipinski definition) is 1. The summed E-state index contributed by atoms with van der Waals surface area (Å²) in [7, 11) is 0. The Morgan fingerprint density at radius 3 is 2.60 bits per heavy atom. The van der Waals surface area contributed by atoms with Crippen LogP contribution in [0.2, 0.25) is 0 Å². The summed E-state index contributed by atoms with van der Waals surface area (Å²) in [6.07, 6.45) is 7.20. The van der Waals surface area contributed by atoms with E-state index >= 15 is 0 Å². The molecule has 1 atom stereocenters. The molecule has 0 radical (unpaired) electrons. The van der Waals surface area contributed by atoms with E-state index in [0.29, 0.717) is 0 Å². The van der Waals surface area contributed by atoms with E-state index in [-0.39, 0.29) is 6.10 Å². The van der Waals surface area contributed by atoms with Gasteiger partial charge < -0.3 is 10.0 Å². The molecule has 0 spiro atoms. The van der Waals surface area contributed by atoms with Crippen LogP contribution in [0.1, 0.15) is 61.8 Å². The number of aryl methyl sites for hydroxylation is 2. The van der Waals surface area contributed by atoms with Gasteiger partial charge >= 0.3 is 0 Å². The second kappa shape index (κ2) is 7.80. The van der Waals surface area contributed by atoms with Crippen LogP contribution in [0.25, 0.3) is 0 Å². The van der Waals surface area contributed by atoms with Crippen molar-refractivity contribution in [1.29, 1.82) is 0 Å². The van der Waals surface area contributed by atoms with Gasteiger partial charge in [0.05, 0.1) is 6.10 Å². The molecule has 1 aromatic rings. The molecule has 1 aromatic carbocycles. The zero-order chi connectivity index (χ0) is 14.4. The predicted octanol–water partition coefficient (Wildman–Crippen LogP) is 3.86. The number of aliphatic hydroxyl groups excluding tert-OH is 1. The van der Waals surface area contributed by atoms with Gasteiger partial charge in [-0.25, -0.2) is 0 Å². The molecule has 0 aliphatic carbocycles. The smallest absolute Gasteiger partial charge is 0.0917 e. The fourth-order valence-electron chi connectivity index (χ4n) is 3.07. The highest BCUT2D eigenvalue weighted by atomic mass is 16.3. The second-order valence-corrected chi connectivity index (χ2v) is 6.17. The second-order valence-electron chi connectivity index (χ2n) is 6.17. The fraction of sp³-hybridized carbons (Fsp3) is 0.667. The molecule has 1 saturated heterocycles. The molecule has 0 amide bonds. The quantitative estimate of drug-likeness (QED) is 0.852. The van der Waals surface area contributed by atoms with Crippen LogP contribution in [0, 0.1) is 6.92 Å².